The van der Waals surface area contributed by atoms with E-state index in [2.05, 4.69) is 21.8 Å². The summed E-state index contributed by atoms with van der Waals surface area (Å²) in [6, 6.07) is 0. The van der Waals surface area contributed by atoms with Gasteiger partial charge in [-0.15, -0.1) is 0 Å². The number of anilines is 1. The van der Waals surface area contributed by atoms with Gasteiger partial charge in [0.2, 0.25) is 0 Å². The highest BCUT2D eigenvalue weighted by molar-refractivity contribution is 7.17. The number of hydrogen-bond donors (Lipinski definition) is 0. The van der Waals surface area contributed by atoms with Crippen LogP contribution in [0, 0.1) is 12.8 Å². The Balaban J connectivity index is 2.03. The minimum Gasteiger partial charge on any atom is -0.465 e. The first-order valence-corrected chi connectivity index (χ1v) is 7.28. The number of rotatable bonds is 4. The summed E-state index contributed by atoms with van der Waals surface area (Å²) in [6.07, 6.45) is 1.23. The van der Waals surface area contributed by atoms with Crippen molar-refractivity contribution in [2.75, 3.05) is 45.7 Å². The van der Waals surface area contributed by atoms with Crippen molar-refractivity contribution >= 4 is 22.4 Å². The first kappa shape index (κ1) is 14.3. The standard InChI is InChI=1S/C13H21N3O2S/c1-9-11(12(17)18-4)19-13(14-9)16(3)8-10-5-6-15(2)7-10/h10H,5-8H2,1-4H3. The number of aryl methyl sites for hydroxylation is 1. The number of carbonyl (C=O) groups excluding carboxylic acids is 1. The third kappa shape index (κ3) is 3.25. The predicted molar refractivity (Wildman–Crippen MR) is 77.1 cm³/mol. The summed E-state index contributed by atoms with van der Waals surface area (Å²) in [4.78, 5) is 21.2. The van der Waals surface area contributed by atoms with E-state index in [-0.39, 0.29) is 5.97 Å². The molecule has 0 N–H and O–H groups in total. The molecule has 6 heteroatoms. The van der Waals surface area contributed by atoms with E-state index < -0.39 is 0 Å². The van der Waals surface area contributed by atoms with Gasteiger partial charge in [0.1, 0.15) is 4.88 Å². The van der Waals surface area contributed by atoms with Crippen LogP contribution in [0.25, 0.3) is 0 Å². The van der Waals surface area contributed by atoms with E-state index in [1.807, 2.05) is 14.0 Å². The molecule has 1 aliphatic rings. The summed E-state index contributed by atoms with van der Waals surface area (Å²) in [5.74, 6) is 0.385. The maximum Gasteiger partial charge on any atom is 0.350 e. The molecule has 1 atom stereocenters. The number of methoxy groups -OCH3 is 1. The van der Waals surface area contributed by atoms with Gasteiger partial charge in [0, 0.05) is 20.1 Å². The Bertz CT molecular complexity index is 461. The Morgan fingerprint density at radius 2 is 2.37 bits per heavy atom. The Labute approximate surface area is 118 Å². The Kier molecular flexibility index (Phi) is 4.42. The molecule has 0 spiro atoms. The van der Waals surface area contributed by atoms with Gasteiger partial charge in [-0.2, -0.15) is 0 Å². The third-order valence-corrected chi connectivity index (χ3v) is 4.76. The van der Waals surface area contributed by atoms with Gasteiger partial charge in [-0.1, -0.05) is 11.3 Å². The molecule has 1 aromatic rings. The summed E-state index contributed by atoms with van der Waals surface area (Å²) in [7, 11) is 5.60. The van der Waals surface area contributed by atoms with Crippen LogP contribution in [-0.2, 0) is 4.74 Å². The molecule has 1 saturated heterocycles. The molecule has 2 heterocycles. The van der Waals surface area contributed by atoms with Gasteiger partial charge < -0.3 is 14.5 Å². The second-order valence-electron chi connectivity index (χ2n) is 5.20. The molecule has 1 aromatic heterocycles. The van der Waals surface area contributed by atoms with Gasteiger partial charge in [-0.25, -0.2) is 9.78 Å². The molecule has 0 aliphatic carbocycles. The minimum atomic E-state index is -0.296. The van der Waals surface area contributed by atoms with E-state index in [0.717, 1.165) is 23.9 Å². The fourth-order valence-electron chi connectivity index (χ4n) is 2.47. The summed E-state index contributed by atoms with van der Waals surface area (Å²) in [6.45, 7) is 5.14. The molecule has 106 valence electrons. The highest BCUT2D eigenvalue weighted by atomic mass is 32.1. The smallest absolute Gasteiger partial charge is 0.350 e. The number of carbonyl (C=O) groups is 1. The third-order valence-electron chi connectivity index (χ3n) is 3.50. The van der Waals surface area contributed by atoms with Crippen molar-refractivity contribution < 1.29 is 9.53 Å². The molecular formula is C13H21N3O2S. The number of aromatic nitrogens is 1. The lowest BCUT2D eigenvalue weighted by molar-refractivity contribution is 0.0605. The normalized spacial score (nSPS) is 19.7. The number of esters is 1. The van der Waals surface area contributed by atoms with Crippen LogP contribution in [0.2, 0.25) is 0 Å². The van der Waals surface area contributed by atoms with Gasteiger partial charge in [-0.3, -0.25) is 0 Å². The minimum absolute atomic E-state index is 0.296. The van der Waals surface area contributed by atoms with Gasteiger partial charge in [0.05, 0.1) is 12.8 Å². The lowest BCUT2D eigenvalue weighted by Gasteiger charge is -2.20. The van der Waals surface area contributed by atoms with E-state index >= 15 is 0 Å². The van der Waals surface area contributed by atoms with Crippen molar-refractivity contribution in [1.82, 2.24) is 9.88 Å². The van der Waals surface area contributed by atoms with Crippen LogP contribution in [0.3, 0.4) is 0 Å². The summed E-state index contributed by atoms with van der Waals surface area (Å²) in [5.41, 5.74) is 0.752. The molecule has 1 fully saturated rings. The maximum atomic E-state index is 11.6. The molecular weight excluding hydrogens is 262 g/mol. The SMILES string of the molecule is COC(=O)c1sc(N(C)CC2CCN(C)C2)nc1C. The van der Waals surface area contributed by atoms with Gasteiger partial charge in [0.25, 0.3) is 0 Å². The Morgan fingerprint density at radius 3 is 2.95 bits per heavy atom. The fraction of sp³-hybridized carbons (Fsp3) is 0.692. The molecule has 1 aliphatic heterocycles. The van der Waals surface area contributed by atoms with Crippen molar-refractivity contribution in [3.63, 3.8) is 0 Å². The molecule has 0 radical (unpaired) electrons. The maximum absolute atomic E-state index is 11.6. The highest BCUT2D eigenvalue weighted by Gasteiger charge is 2.23. The van der Waals surface area contributed by atoms with Crippen LogP contribution in [0.15, 0.2) is 0 Å². The van der Waals surface area contributed by atoms with Crippen LogP contribution in [0.5, 0.6) is 0 Å². The van der Waals surface area contributed by atoms with Crippen molar-refractivity contribution in [3.8, 4) is 0 Å². The molecule has 0 aromatic carbocycles. The first-order valence-electron chi connectivity index (χ1n) is 6.46. The Morgan fingerprint density at radius 1 is 1.63 bits per heavy atom. The summed E-state index contributed by atoms with van der Waals surface area (Å²) < 4.78 is 4.76. The molecule has 1 unspecified atom stereocenters. The fourth-order valence-corrected chi connectivity index (χ4v) is 3.42. The summed E-state index contributed by atoms with van der Waals surface area (Å²) >= 11 is 1.41. The van der Waals surface area contributed by atoms with Crippen molar-refractivity contribution in [2.24, 2.45) is 5.92 Å². The monoisotopic (exact) mass is 283 g/mol. The number of nitrogens with zero attached hydrogens (tertiary/aromatic N) is 3. The lowest BCUT2D eigenvalue weighted by atomic mass is 10.1. The number of ether oxygens (including phenoxy) is 1. The van der Waals surface area contributed by atoms with Crippen molar-refractivity contribution in [1.29, 1.82) is 0 Å². The van der Waals surface area contributed by atoms with Crippen molar-refractivity contribution in [3.05, 3.63) is 10.6 Å². The van der Waals surface area contributed by atoms with E-state index in [9.17, 15) is 4.79 Å². The summed E-state index contributed by atoms with van der Waals surface area (Å²) in [5, 5.41) is 0.896. The quantitative estimate of drug-likeness (QED) is 0.786. The first-order chi connectivity index (χ1) is 9.01. The topological polar surface area (TPSA) is 45.7 Å². The molecule has 19 heavy (non-hydrogen) atoms. The van der Waals surface area contributed by atoms with E-state index in [4.69, 9.17) is 4.74 Å². The zero-order chi connectivity index (χ0) is 14.0. The molecule has 0 bridgehead atoms. The zero-order valence-electron chi connectivity index (χ0n) is 12.0. The van der Waals surface area contributed by atoms with Crippen molar-refractivity contribution in [2.45, 2.75) is 13.3 Å². The lowest BCUT2D eigenvalue weighted by Crippen LogP contribution is -2.27. The van der Waals surface area contributed by atoms with Crippen LogP contribution in [-0.4, -0.2) is 56.7 Å². The van der Waals surface area contributed by atoms with Gasteiger partial charge in [-0.05, 0) is 32.9 Å². The van der Waals surface area contributed by atoms with E-state index in [1.165, 1.54) is 31.4 Å². The van der Waals surface area contributed by atoms with Gasteiger partial charge in [0.15, 0.2) is 5.13 Å². The zero-order valence-corrected chi connectivity index (χ0v) is 12.8. The van der Waals surface area contributed by atoms with Crippen LogP contribution in [0.4, 0.5) is 5.13 Å². The average Bonchev–Trinajstić information content (AvgIpc) is 2.95. The number of hydrogen-bond acceptors (Lipinski definition) is 6. The highest BCUT2D eigenvalue weighted by Crippen LogP contribution is 2.27. The molecule has 5 nitrogen and oxygen atoms in total. The van der Waals surface area contributed by atoms with Crippen LogP contribution in [0.1, 0.15) is 21.8 Å². The Hall–Kier alpha value is -1.14. The average molecular weight is 283 g/mol. The van der Waals surface area contributed by atoms with Gasteiger partial charge >= 0.3 is 5.97 Å². The second-order valence-corrected chi connectivity index (χ2v) is 6.18. The molecule has 0 amide bonds. The predicted octanol–water partition coefficient (Wildman–Crippen LogP) is 1.63. The molecule has 0 saturated carbocycles. The number of thiazole rings is 1. The van der Waals surface area contributed by atoms with Crippen LogP contribution >= 0.6 is 11.3 Å². The molecule has 2 rings (SSSR count). The largest absolute Gasteiger partial charge is 0.465 e. The van der Waals surface area contributed by atoms with Crippen LogP contribution < -0.4 is 4.90 Å². The van der Waals surface area contributed by atoms with E-state index in [1.54, 1.807) is 0 Å². The second kappa shape index (κ2) is 5.88. The van der Waals surface area contributed by atoms with E-state index in [0.29, 0.717) is 10.8 Å². The number of likely N-dealkylation sites (tertiary alicyclic amines) is 1.